The van der Waals surface area contributed by atoms with Crippen molar-refractivity contribution in [3.63, 3.8) is 0 Å². The van der Waals surface area contributed by atoms with Gasteiger partial charge in [0, 0.05) is 38.9 Å². The summed E-state index contributed by atoms with van der Waals surface area (Å²) in [6.07, 6.45) is 3.61. The number of halogens is 2. The van der Waals surface area contributed by atoms with Crippen molar-refractivity contribution in [1.82, 2.24) is 24.4 Å². The molecule has 1 aliphatic heterocycles. The number of carbonyl (C=O) groups is 1. The van der Waals surface area contributed by atoms with E-state index in [0.717, 1.165) is 21.0 Å². The molecule has 0 spiro atoms. The molecule has 1 amide bonds. The number of phenolic OH excluding ortho intramolecular Hbond substituents is 1. The molecule has 1 aliphatic carbocycles. The Hall–Kier alpha value is -4.92. The highest BCUT2D eigenvalue weighted by Gasteiger charge is 2.40. The highest BCUT2D eigenvalue weighted by atomic mass is 32.2. The minimum atomic E-state index is -3.82. The van der Waals surface area contributed by atoms with Crippen molar-refractivity contribution in [3.05, 3.63) is 76.9 Å². The number of aromatic nitrogens is 4. The van der Waals surface area contributed by atoms with Crippen LogP contribution in [0.2, 0.25) is 0 Å². The zero-order valence-corrected chi connectivity index (χ0v) is 26.1. The number of fused-ring (bicyclic) bond motifs is 1. The minimum Gasteiger partial charge on any atom is -0.507 e. The van der Waals surface area contributed by atoms with Crippen molar-refractivity contribution in [2.45, 2.75) is 38.0 Å². The van der Waals surface area contributed by atoms with E-state index in [1.165, 1.54) is 31.5 Å². The van der Waals surface area contributed by atoms with Crippen LogP contribution in [0.4, 0.5) is 20.4 Å². The maximum absolute atomic E-state index is 16.0. The number of aromatic hydroxyl groups is 1. The van der Waals surface area contributed by atoms with Crippen LogP contribution < -0.4 is 14.9 Å². The SMILES string of the molecule is C=CC(=O)N1CCN(c2nc(=O)n(-c3c(C)ccnc3N(C)S(=O)(=O)C3CC3)c3nc(-c4c(O)cccc4F)c(F)cc23)[C@@H](C)C1. The lowest BCUT2D eigenvalue weighted by Gasteiger charge is -2.40. The topological polar surface area (TPSA) is 142 Å². The van der Waals surface area contributed by atoms with Gasteiger partial charge in [0.05, 0.1) is 21.9 Å². The lowest BCUT2D eigenvalue weighted by molar-refractivity contribution is -0.126. The Labute approximate surface area is 263 Å². The lowest BCUT2D eigenvalue weighted by Crippen LogP contribution is -2.54. The van der Waals surface area contributed by atoms with Gasteiger partial charge in [-0.15, -0.1) is 0 Å². The summed E-state index contributed by atoms with van der Waals surface area (Å²) in [5, 5.41) is 9.99. The van der Waals surface area contributed by atoms with E-state index >= 15 is 8.78 Å². The number of hydrogen-bond acceptors (Lipinski definition) is 9. The second-order valence-electron chi connectivity index (χ2n) is 11.4. The molecule has 0 radical (unpaired) electrons. The average molecular weight is 652 g/mol. The predicted octanol–water partition coefficient (Wildman–Crippen LogP) is 3.29. The molecule has 1 aromatic carbocycles. The summed E-state index contributed by atoms with van der Waals surface area (Å²) in [4.78, 5) is 42.9. The molecule has 2 fully saturated rings. The third-order valence-electron chi connectivity index (χ3n) is 8.37. The smallest absolute Gasteiger partial charge is 0.355 e. The third kappa shape index (κ3) is 5.13. The molecule has 15 heteroatoms. The molecule has 2 aliphatic rings. The van der Waals surface area contributed by atoms with Crippen molar-refractivity contribution in [1.29, 1.82) is 0 Å². The lowest BCUT2D eigenvalue weighted by atomic mass is 10.1. The highest BCUT2D eigenvalue weighted by molar-refractivity contribution is 7.93. The predicted molar refractivity (Wildman–Crippen MR) is 169 cm³/mol. The minimum absolute atomic E-state index is 0.0422. The fourth-order valence-electron chi connectivity index (χ4n) is 5.80. The zero-order valence-electron chi connectivity index (χ0n) is 25.3. The van der Waals surface area contributed by atoms with Crippen LogP contribution in [0, 0.1) is 18.6 Å². The van der Waals surface area contributed by atoms with E-state index in [2.05, 4.69) is 21.5 Å². The van der Waals surface area contributed by atoms with E-state index in [1.807, 2.05) is 6.92 Å². The second kappa shape index (κ2) is 11.5. The van der Waals surface area contributed by atoms with Gasteiger partial charge in [0.25, 0.3) is 0 Å². The summed E-state index contributed by atoms with van der Waals surface area (Å²) in [5.41, 5.74) is -1.64. The largest absolute Gasteiger partial charge is 0.507 e. The van der Waals surface area contributed by atoms with E-state index in [1.54, 1.807) is 22.8 Å². The molecule has 6 rings (SSSR count). The van der Waals surface area contributed by atoms with Crippen LogP contribution in [0.5, 0.6) is 5.75 Å². The van der Waals surface area contributed by atoms with E-state index in [4.69, 9.17) is 0 Å². The van der Waals surface area contributed by atoms with Gasteiger partial charge in [0.15, 0.2) is 17.3 Å². The Balaban J connectivity index is 1.65. The Morgan fingerprint density at radius 3 is 2.54 bits per heavy atom. The maximum Gasteiger partial charge on any atom is 0.355 e. The van der Waals surface area contributed by atoms with Crippen LogP contribution in [0.15, 0.2) is 54.0 Å². The van der Waals surface area contributed by atoms with Crippen LogP contribution in [-0.2, 0) is 14.8 Å². The summed E-state index contributed by atoms with van der Waals surface area (Å²) >= 11 is 0. The molecule has 3 aromatic heterocycles. The van der Waals surface area contributed by atoms with E-state index < -0.39 is 49.6 Å². The molecule has 12 nitrogen and oxygen atoms in total. The van der Waals surface area contributed by atoms with Gasteiger partial charge in [-0.3, -0.25) is 9.10 Å². The number of piperazine rings is 1. The van der Waals surface area contributed by atoms with Crippen LogP contribution in [0.25, 0.3) is 28.0 Å². The second-order valence-corrected chi connectivity index (χ2v) is 13.7. The number of rotatable bonds is 7. The Bertz CT molecular complexity index is 2060. The first-order valence-electron chi connectivity index (χ1n) is 14.6. The van der Waals surface area contributed by atoms with E-state index in [9.17, 15) is 23.1 Å². The Kier molecular flexibility index (Phi) is 7.74. The molecule has 1 atom stereocenters. The first-order chi connectivity index (χ1) is 21.8. The van der Waals surface area contributed by atoms with Crippen molar-refractivity contribution in [2.75, 3.05) is 35.9 Å². The van der Waals surface area contributed by atoms with Gasteiger partial charge in [0.1, 0.15) is 23.1 Å². The van der Waals surface area contributed by atoms with Gasteiger partial charge < -0.3 is 14.9 Å². The fraction of sp³-hybridized carbons (Fsp3) is 0.323. The number of pyridine rings is 2. The molecule has 1 saturated heterocycles. The van der Waals surface area contributed by atoms with Crippen molar-refractivity contribution >= 4 is 38.6 Å². The van der Waals surface area contributed by atoms with Crippen LogP contribution >= 0.6 is 0 Å². The number of amides is 1. The summed E-state index contributed by atoms with van der Waals surface area (Å²) in [5.74, 6) is -2.76. The molecule has 0 unspecified atom stereocenters. The van der Waals surface area contributed by atoms with E-state index in [0.29, 0.717) is 18.4 Å². The summed E-state index contributed by atoms with van der Waals surface area (Å²) < 4.78 is 59.6. The van der Waals surface area contributed by atoms with Gasteiger partial charge in [-0.2, -0.15) is 4.98 Å². The number of benzene rings is 1. The molecule has 0 bridgehead atoms. The monoisotopic (exact) mass is 651 g/mol. The number of sulfonamides is 1. The molecule has 46 heavy (non-hydrogen) atoms. The summed E-state index contributed by atoms with van der Waals surface area (Å²) in [7, 11) is -2.48. The average Bonchev–Trinajstić information content (AvgIpc) is 3.87. The molecule has 240 valence electrons. The zero-order chi connectivity index (χ0) is 33.1. The number of hydrogen-bond donors (Lipinski definition) is 1. The van der Waals surface area contributed by atoms with Crippen LogP contribution in [0.3, 0.4) is 0 Å². The van der Waals surface area contributed by atoms with Crippen LogP contribution in [0.1, 0.15) is 25.3 Å². The van der Waals surface area contributed by atoms with Crippen molar-refractivity contribution < 1.29 is 27.1 Å². The summed E-state index contributed by atoms with van der Waals surface area (Å²) in [6, 6.07) is 5.75. The molecule has 4 heterocycles. The first kappa shape index (κ1) is 31.1. The number of aryl methyl sites for hydroxylation is 1. The standard InChI is InChI=1S/C31H31F2N7O5S/c1-5-24(42)38-13-14-39(18(3)16-38)28-20-15-22(33)26(25-21(32)7-6-8-23(25)41)35-29(20)40(31(43)36-28)27-17(2)11-12-34-30(27)37(4)46(44,45)19-9-10-19/h5-8,11-12,15,18-19,41H,1,9-10,13-14,16H2,2-4H3/t18-/m0/s1. The van der Waals surface area contributed by atoms with Gasteiger partial charge >= 0.3 is 5.69 Å². The number of carbonyl (C=O) groups excluding carboxylic acids is 1. The quantitative estimate of drug-likeness (QED) is 0.298. The molecular weight excluding hydrogens is 620 g/mol. The van der Waals surface area contributed by atoms with Crippen LogP contribution in [-0.4, -0.2) is 81.8 Å². The van der Waals surface area contributed by atoms with E-state index in [-0.39, 0.29) is 59.9 Å². The van der Waals surface area contributed by atoms with Gasteiger partial charge in [0.2, 0.25) is 15.9 Å². The Morgan fingerprint density at radius 2 is 1.89 bits per heavy atom. The number of nitrogens with zero attached hydrogens (tertiary/aromatic N) is 7. The van der Waals surface area contributed by atoms with Gasteiger partial charge in [-0.05, 0) is 62.6 Å². The maximum atomic E-state index is 16.0. The van der Waals surface area contributed by atoms with Gasteiger partial charge in [-0.1, -0.05) is 12.6 Å². The third-order valence-corrected chi connectivity index (χ3v) is 10.6. The molecule has 1 saturated carbocycles. The molecular formula is C31H31F2N7O5S. The normalized spacial score (nSPS) is 16.9. The Morgan fingerprint density at radius 1 is 1.15 bits per heavy atom. The highest BCUT2D eigenvalue weighted by Crippen LogP contribution is 2.38. The summed E-state index contributed by atoms with van der Waals surface area (Å²) in [6.45, 7) is 7.78. The fourth-order valence-corrected chi connectivity index (χ4v) is 7.36. The van der Waals surface area contributed by atoms with Gasteiger partial charge in [-0.25, -0.2) is 36.5 Å². The number of phenols is 1. The molecule has 1 N–H and O–H groups in total. The first-order valence-corrected chi connectivity index (χ1v) is 16.1. The number of anilines is 2. The van der Waals surface area contributed by atoms with Crippen molar-refractivity contribution in [2.24, 2.45) is 0 Å². The van der Waals surface area contributed by atoms with Crippen molar-refractivity contribution in [3.8, 4) is 22.7 Å². The molecule has 4 aromatic rings.